The van der Waals surface area contributed by atoms with Gasteiger partial charge in [0.25, 0.3) is 11.1 Å². The molecule has 0 amide bonds. The molecule has 47 heavy (non-hydrogen) atoms. The predicted octanol–water partition coefficient (Wildman–Crippen LogP) is -4.48. The number of H-pyrrole nitrogens is 2. The highest BCUT2D eigenvalue weighted by molar-refractivity contribution is 7.85. The topological polar surface area (TPSA) is 358 Å². The Labute approximate surface area is 271 Å². The van der Waals surface area contributed by atoms with Crippen LogP contribution in [0.2, 0.25) is 0 Å². The largest absolute Gasteiger partial charge is 0.481 e. The molecule has 1 saturated heterocycles. The average Bonchev–Trinajstić information content (AvgIpc) is 3.53. The maximum Gasteiger partial charge on any atom is 0.481 e. The van der Waals surface area contributed by atoms with E-state index in [2.05, 4.69) is 73.5 Å². The van der Waals surface area contributed by atoms with Gasteiger partial charge in [-0.1, -0.05) is 0 Å². The lowest BCUT2D eigenvalue weighted by molar-refractivity contribution is -0.0504. The average molecular weight is 743 g/mol. The van der Waals surface area contributed by atoms with Crippen LogP contribution < -0.4 is 33.4 Å². The molecule has 0 aliphatic carbocycles. The molecule has 2 aliphatic heterocycles. The quantitative estimate of drug-likeness (QED) is 0.0615. The lowest BCUT2D eigenvalue weighted by Crippen LogP contribution is -2.51. The van der Waals surface area contributed by atoms with Crippen molar-refractivity contribution in [2.24, 2.45) is 9.98 Å². The van der Waals surface area contributed by atoms with E-state index >= 15 is 0 Å². The minimum atomic E-state index is -5.40. The third-order valence-electron chi connectivity index (χ3n) is 6.83. The van der Waals surface area contributed by atoms with E-state index in [0.717, 1.165) is 10.9 Å². The number of aliphatic hydroxyl groups excluding tert-OH is 3. The van der Waals surface area contributed by atoms with Crippen LogP contribution in [0, 0.1) is 0 Å². The second-order valence-corrected chi connectivity index (χ2v) is 14.4. The molecule has 11 N–H and O–H groups in total. The summed E-state index contributed by atoms with van der Waals surface area (Å²) in [5.74, 6) is -0.417. The first kappa shape index (κ1) is 35.5. The van der Waals surface area contributed by atoms with Crippen LogP contribution in [0.5, 0.6) is 0 Å². The number of anilines is 2. The van der Waals surface area contributed by atoms with Gasteiger partial charge in [-0.2, -0.15) is 39.5 Å². The first-order valence-electron chi connectivity index (χ1n) is 13.2. The summed E-state index contributed by atoms with van der Waals surface area (Å²) >= 11 is 8.63. The Morgan fingerprint density at radius 3 is 2.45 bits per heavy atom. The fraction of sp³-hybridized carbons (Fsp3) is 0.550. The minimum Gasteiger partial charge on any atom is -0.390 e. The maximum absolute atomic E-state index is 12.4. The highest BCUT2D eigenvalue weighted by Crippen LogP contribution is 2.60. The van der Waals surface area contributed by atoms with Crippen molar-refractivity contribution in [1.29, 1.82) is 0 Å². The van der Waals surface area contributed by atoms with Crippen LogP contribution in [0.1, 0.15) is 6.23 Å². The molecule has 2 aliphatic rings. The third-order valence-corrected chi connectivity index (χ3v) is 11.0. The van der Waals surface area contributed by atoms with E-state index in [9.17, 15) is 43.8 Å². The highest BCUT2D eigenvalue weighted by Gasteiger charge is 2.46. The Bertz CT molecular complexity index is 2000. The fourth-order valence-electron chi connectivity index (χ4n) is 4.57. The second-order valence-electron chi connectivity index (χ2n) is 10.1. The number of fused-ring (bicyclic) bond motifs is 2. The molecule has 0 radical (unpaired) electrons. The number of aromatic amines is 2. The third kappa shape index (κ3) is 7.77. The van der Waals surface area contributed by atoms with E-state index in [1.807, 2.05) is 0 Å². The molecule has 3 aromatic rings. The number of nitrogen functional groups attached to an aromatic ring is 2. The number of imidazole rings is 1. The Morgan fingerprint density at radius 2 is 1.72 bits per heavy atom. The number of nitrogens with two attached hydrogens (primary N) is 2. The number of aromatic nitrogens is 6. The van der Waals surface area contributed by atoms with E-state index in [0.29, 0.717) is 0 Å². The SMILES string of the molecule is Nc1nc2c(c(=O)[nH]1)=N[C@@H](C(S)C(S)[C@H](O)COP(=O)(O)OP(=O)(O)OC[C@H]1O[C@@H](n3cnc4c(=O)[nH]c(N)nc43)[C@H](O)[C@@H]1O)CN=2. The van der Waals surface area contributed by atoms with Crippen molar-refractivity contribution in [2.75, 3.05) is 31.2 Å². The molecular weight excluding hydrogens is 714 g/mol. The van der Waals surface area contributed by atoms with Gasteiger partial charge in [-0.25, -0.2) is 14.1 Å². The van der Waals surface area contributed by atoms with Gasteiger partial charge in [0.1, 0.15) is 18.3 Å². The van der Waals surface area contributed by atoms with Crippen LogP contribution in [0.15, 0.2) is 25.9 Å². The zero-order valence-electron chi connectivity index (χ0n) is 23.4. The van der Waals surface area contributed by atoms with Crippen molar-refractivity contribution in [1.82, 2.24) is 29.5 Å². The summed E-state index contributed by atoms with van der Waals surface area (Å²) in [5.41, 5.74) is 9.50. The summed E-state index contributed by atoms with van der Waals surface area (Å²) in [6.45, 7) is -1.90. The van der Waals surface area contributed by atoms with E-state index < -0.39 is 87.2 Å². The summed E-state index contributed by atoms with van der Waals surface area (Å²) in [7, 11) is -10.8. The predicted molar refractivity (Wildman–Crippen MR) is 163 cm³/mol. The molecular formula is C20H28N10O13P2S2. The first-order chi connectivity index (χ1) is 22.0. The molecule has 10 atom stereocenters. The van der Waals surface area contributed by atoms with Gasteiger partial charge in [0.05, 0.1) is 38.2 Å². The number of phosphoric acid groups is 2. The van der Waals surface area contributed by atoms with Gasteiger partial charge in [0.15, 0.2) is 28.2 Å². The molecule has 1 fully saturated rings. The molecule has 3 aromatic heterocycles. The van der Waals surface area contributed by atoms with Crippen molar-refractivity contribution in [3.63, 3.8) is 0 Å². The number of rotatable bonds is 12. The van der Waals surface area contributed by atoms with Crippen molar-refractivity contribution >= 4 is 64.0 Å². The van der Waals surface area contributed by atoms with Crippen LogP contribution in [-0.2, 0) is 27.2 Å². The molecule has 5 heterocycles. The number of hydrogen-bond acceptors (Lipinski definition) is 20. The molecule has 4 unspecified atom stereocenters. The van der Waals surface area contributed by atoms with Gasteiger partial charge in [0, 0.05) is 10.5 Å². The molecule has 0 spiro atoms. The molecule has 27 heteroatoms. The van der Waals surface area contributed by atoms with E-state index in [4.69, 9.17) is 16.2 Å². The molecule has 23 nitrogen and oxygen atoms in total. The number of phosphoric ester groups is 2. The van der Waals surface area contributed by atoms with Crippen LogP contribution in [0.3, 0.4) is 0 Å². The van der Waals surface area contributed by atoms with Gasteiger partial charge in [-0.15, -0.1) is 0 Å². The Kier molecular flexibility index (Phi) is 10.3. The fourth-order valence-corrected chi connectivity index (χ4v) is 7.31. The smallest absolute Gasteiger partial charge is 0.390 e. The van der Waals surface area contributed by atoms with Gasteiger partial charge in [-0.05, 0) is 0 Å². The van der Waals surface area contributed by atoms with Crippen LogP contribution in [0.4, 0.5) is 11.9 Å². The summed E-state index contributed by atoms with van der Waals surface area (Å²) in [5, 5.41) is 29.3. The summed E-state index contributed by atoms with van der Waals surface area (Å²) < 4.78 is 45.1. The molecule has 0 saturated carbocycles. The van der Waals surface area contributed by atoms with E-state index in [1.54, 1.807) is 0 Å². The molecule has 0 aromatic carbocycles. The number of hydrogen-bond donors (Lipinski definition) is 11. The Hall–Kier alpha value is -2.77. The standard InChI is InChI=1S/C20H28N10O13P2S2/c21-19-26-14-8(16(34)28-19)25-5(1-23-14)12(46)13(47)6(31)2-40-44(36,37)43-45(38,39)41-3-7-10(32)11(33)18(42-7)30-4-24-9-15(30)27-20(22)29-17(9)35/h4-7,10-13,18,31-33,46-47H,1-3H2,(H,36,37)(H,38,39)(H3,22,27,29,35)(H3,21,23,26,28,34)/t5-,6-,7-,10-,11-,12?,13?,18-/m1/s1. The van der Waals surface area contributed by atoms with Crippen LogP contribution in [0.25, 0.3) is 11.2 Å². The van der Waals surface area contributed by atoms with Gasteiger partial charge in [0.2, 0.25) is 11.9 Å². The lowest BCUT2D eigenvalue weighted by Gasteiger charge is -2.28. The van der Waals surface area contributed by atoms with Crippen LogP contribution in [-0.4, -0.2) is 115 Å². The van der Waals surface area contributed by atoms with E-state index in [-0.39, 0.29) is 40.5 Å². The molecule has 0 bridgehead atoms. The van der Waals surface area contributed by atoms with Crippen molar-refractivity contribution in [3.05, 3.63) is 37.9 Å². The minimum absolute atomic E-state index is 0.00421. The van der Waals surface area contributed by atoms with E-state index in [1.165, 1.54) is 0 Å². The normalized spacial score (nSPS) is 27.2. The number of nitrogens with one attached hydrogen (secondary N) is 2. The monoisotopic (exact) mass is 742 g/mol. The van der Waals surface area contributed by atoms with Gasteiger partial charge in [-0.3, -0.25) is 43.2 Å². The Balaban J connectivity index is 1.15. The summed E-state index contributed by atoms with van der Waals surface area (Å²) in [6, 6.07) is -0.784. The molecule has 258 valence electrons. The lowest BCUT2D eigenvalue weighted by atomic mass is 10.1. The van der Waals surface area contributed by atoms with Crippen molar-refractivity contribution < 1.29 is 52.3 Å². The number of ether oxygens (including phenoxy) is 1. The second kappa shape index (κ2) is 13.6. The number of aliphatic hydroxyl groups is 3. The highest BCUT2D eigenvalue weighted by atomic mass is 32.1. The van der Waals surface area contributed by atoms with Gasteiger partial charge >= 0.3 is 15.6 Å². The first-order valence-corrected chi connectivity index (χ1v) is 17.2. The molecule has 5 rings (SSSR count). The van der Waals surface area contributed by atoms with Gasteiger partial charge < -0.3 is 41.3 Å². The zero-order valence-corrected chi connectivity index (χ0v) is 27.0. The summed E-state index contributed by atoms with van der Waals surface area (Å²) in [6.07, 6.45) is -6.85. The maximum atomic E-state index is 12.4. The van der Waals surface area contributed by atoms with Crippen molar-refractivity contribution in [3.8, 4) is 0 Å². The van der Waals surface area contributed by atoms with Crippen LogP contribution >= 0.6 is 40.9 Å². The number of nitrogens with zero attached hydrogens (tertiary/aromatic N) is 6. The van der Waals surface area contributed by atoms with Crippen molar-refractivity contribution in [2.45, 2.75) is 47.2 Å². The zero-order chi connectivity index (χ0) is 34.4. The summed E-state index contributed by atoms with van der Waals surface area (Å²) in [4.78, 5) is 68.8. The number of thiol groups is 2. The Morgan fingerprint density at radius 1 is 1.06 bits per heavy atom.